The maximum Gasteiger partial charge on any atom is 0.280 e. The van der Waals surface area contributed by atoms with Gasteiger partial charge in [0.15, 0.2) is 5.78 Å². The standard InChI is InChI=1S/C14H11N3O3/c1-9(18)11-8-10(4-5-13(11)17(19)20)12-6-7-14(15-2)16(12)3/h4-8H,1,3H3. The molecule has 1 aromatic heterocycles. The summed E-state index contributed by atoms with van der Waals surface area (Å²) in [5.74, 6) is 0.0980. The summed E-state index contributed by atoms with van der Waals surface area (Å²) < 4.78 is 1.68. The van der Waals surface area contributed by atoms with Gasteiger partial charge in [-0.1, -0.05) is 6.57 Å². The molecule has 0 saturated carbocycles. The predicted octanol–water partition coefficient (Wildman–Crippen LogP) is 3.35. The summed E-state index contributed by atoms with van der Waals surface area (Å²) in [5, 5.41) is 10.9. The minimum Gasteiger partial charge on any atom is -0.364 e. The highest BCUT2D eigenvalue weighted by Gasteiger charge is 2.19. The smallest absolute Gasteiger partial charge is 0.280 e. The van der Waals surface area contributed by atoms with Crippen LogP contribution in [0, 0.1) is 16.7 Å². The Kier molecular flexibility index (Phi) is 3.36. The Morgan fingerprint density at radius 3 is 2.55 bits per heavy atom. The summed E-state index contributed by atoms with van der Waals surface area (Å²) in [6.45, 7) is 8.32. The molecule has 0 atom stereocenters. The van der Waals surface area contributed by atoms with Gasteiger partial charge in [0.05, 0.1) is 17.5 Å². The van der Waals surface area contributed by atoms with E-state index < -0.39 is 4.92 Å². The number of Topliss-reactive ketones (excluding diaryl/α,β-unsaturated/α-hetero) is 1. The molecular formula is C14H11N3O3. The first-order valence-corrected chi connectivity index (χ1v) is 5.78. The van der Waals surface area contributed by atoms with Crippen molar-refractivity contribution in [1.29, 1.82) is 0 Å². The van der Waals surface area contributed by atoms with E-state index in [0.717, 1.165) is 5.69 Å². The van der Waals surface area contributed by atoms with Gasteiger partial charge in [-0.05, 0) is 31.2 Å². The number of nitro benzene ring substituents is 1. The first-order chi connectivity index (χ1) is 9.45. The van der Waals surface area contributed by atoms with Crippen molar-refractivity contribution >= 4 is 17.3 Å². The molecule has 2 aromatic rings. The normalized spacial score (nSPS) is 10.1. The van der Waals surface area contributed by atoms with Crippen molar-refractivity contribution < 1.29 is 9.72 Å². The lowest BCUT2D eigenvalue weighted by Gasteiger charge is -2.04. The molecule has 0 N–H and O–H groups in total. The molecule has 0 aliphatic carbocycles. The highest BCUT2D eigenvalue weighted by atomic mass is 16.6. The van der Waals surface area contributed by atoms with Gasteiger partial charge in [0.1, 0.15) is 5.69 Å². The van der Waals surface area contributed by atoms with Crippen molar-refractivity contribution in [2.45, 2.75) is 6.92 Å². The zero-order valence-corrected chi connectivity index (χ0v) is 11.0. The Morgan fingerprint density at radius 2 is 2.05 bits per heavy atom. The number of hydrogen-bond acceptors (Lipinski definition) is 3. The minimum atomic E-state index is -0.573. The van der Waals surface area contributed by atoms with Crippen LogP contribution in [0.3, 0.4) is 0 Å². The number of carbonyl (C=O) groups excluding carboxylic acids is 1. The van der Waals surface area contributed by atoms with E-state index in [9.17, 15) is 14.9 Å². The maximum absolute atomic E-state index is 11.5. The average Bonchev–Trinajstić information content (AvgIpc) is 2.78. The predicted molar refractivity (Wildman–Crippen MR) is 73.8 cm³/mol. The molecular weight excluding hydrogens is 258 g/mol. The van der Waals surface area contributed by atoms with Crippen LogP contribution in [0.15, 0.2) is 30.3 Å². The zero-order valence-electron chi connectivity index (χ0n) is 11.0. The average molecular weight is 269 g/mol. The molecule has 6 heteroatoms. The molecule has 0 spiro atoms. The van der Waals surface area contributed by atoms with Gasteiger partial charge in [-0.3, -0.25) is 19.5 Å². The highest BCUT2D eigenvalue weighted by molar-refractivity contribution is 5.99. The fourth-order valence-corrected chi connectivity index (χ4v) is 2.04. The van der Waals surface area contributed by atoms with E-state index in [4.69, 9.17) is 6.57 Å². The second kappa shape index (κ2) is 4.97. The summed E-state index contributed by atoms with van der Waals surface area (Å²) in [6, 6.07) is 7.80. The van der Waals surface area contributed by atoms with Crippen LogP contribution in [0.5, 0.6) is 0 Å². The number of benzene rings is 1. The zero-order chi connectivity index (χ0) is 14.9. The fraction of sp³-hybridized carbons (Fsp3) is 0.143. The van der Waals surface area contributed by atoms with E-state index >= 15 is 0 Å². The number of hydrogen-bond donors (Lipinski definition) is 0. The minimum absolute atomic E-state index is 0.0677. The topological polar surface area (TPSA) is 69.5 Å². The van der Waals surface area contributed by atoms with Gasteiger partial charge < -0.3 is 4.85 Å². The van der Waals surface area contributed by atoms with Crippen molar-refractivity contribution in [3.63, 3.8) is 0 Å². The second-order valence-corrected chi connectivity index (χ2v) is 4.29. The van der Waals surface area contributed by atoms with Gasteiger partial charge in [0, 0.05) is 11.6 Å². The van der Waals surface area contributed by atoms with Crippen LogP contribution >= 0.6 is 0 Å². The van der Waals surface area contributed by atoms with E-state index in [1.54, 1.807) is 29.8 Å². The third kappa shape index (κ3) is 2.17. The van der Waals surface area contributed by atoms with E-state index in [2.05, 4.69) is 4.85 Å². The van der Waals surface area contributed by atoms with Crippen molar-refractivity contribution in [2.24, 2.45) is 7.05 Å². The number of nitrogens with zero attached hydrogens (tertiary/aromatic N) is 3. The molecule has 0 fully saturated rings. The molecule has 100 valence electrons. The maximum atomic E-state index is 11.5. The number of nitro groups is 1. The summed E-state index contributed by atoms with van der Waals surface area (Å²) in [7, 11) is 1.73. The highest BCUT2D eigenvalue weighted by Crippen LogP contribution is 2.30. The van der Waals surface area contributed by atoms with Crippen LogP contribution in [0.25, 0.3) is 16.1 Å². The SMILES string of the molecule is [C-]#[N+]c1ccc(-c2ccc([N+](=O)[O-])c(C(C)=O)c2)n1C. The van der Waals surface area contributed by atoms with Crippen molar-refractivity contribution in [1.82, 2.24) is 4.57 Å². The van der Waals surface area contributed by atoms with E-state index in [1.165, 1.54) is 19.1 Å². The first kappa shape index (κ1) is 13.5. The molecule has 6 nitrogen and oxygen atoms in total. The van der Waals surface area contributed by atoms with E-state index in [1.807, 2.05) is 0 Å². The van der Waals surface area contributed by atoms with Crippen LogP contribution in [-0.2, 0) is 7.05 Å². The quantitative estimate of drug-likeness (QED) is 0.371. The van der Waals surface area contributed by atoms with Crippen LogP contribution in [0.1, 0.15) is 17.3 Å². The van der Waals surface area contributed by atoms with Crippen LogP contribution in [0.4, 0.5) is 11.5 Å². The van der Waals surface area contributed by atoms with Gasteiger partial charge in [0.25, 0.3) is 5.69 Å². The molecule has 0 radical (unpaired) electrons. The number of aromatic nitrogens is 1. The Labute approximate surface area is 115 Å². The van der Waals surface area contributed by atoms with E-state index in [-0.39, 0.29) is 17.0 Å². The monoisotopic (exact) mass is 269 g/mol. The third-order valence-electron chi connectivity index (χ3n) is 3.08. The van der Waals surface area contributed by atoms with Gasteiger partial charge in [-0.25, -0.2) is 0 Å². The lowest BCUT2D eigenvalue weighted by atomic mass is 10.0. The van der Waals surface area contributed by atoms with Gasteiger partial charge in [0.2, 0.25) is 5.82 Å². The Morgan fingerprint density at radius 1 is 1.35 bits per heavy atom. The molecule has 2 rings (SSSR count). The molecule has 1 aromatic carbocycles. The van der Waals surface area contributed by atoms with Gasteiger partial charge in [-0.2, -0.15) is 0 Å². The largest absolute Gasteiger partial charge is 0.364 e. The van der Waals surface area contributed by atoms with Gasteiger partial charge >= 0.3 is 0 Å². The van der Waals surface area contributed by atoms with Crippen molar-refractivity contribution in [2.75, 3.05) is 0 Å². The Balaban J connectivity index is 2.62. The van der Waals surface area contributed by atoms with Crippen LogP contribution in [0.2, 0.25) is 0 Å². The molecule has 0 unspecified atom stereocenters. The first-order valence-electron chi connectivity index (χ1n) is 5.78. The molecule has 0 bridgehead atoms. The van der Waals surface area contributed by atoms with Crippen LogP contribution in [-0.4, -0.2) is 15.3 Å². The molecule has 1 heterocycles. The second-order valence-electron chi connectivity index (χ2n) is 4.29. The van der Waals surface area contributed by atoms with Crippen LogP contribution < -0.4 is 0 Å². The van der Waals surface area contributed by atoms with Crippen molar-refractivity contribution in [3.05, 3.63) is 57.4 Å². The number of ketones is 1. The van der Waals surface area contributed by atoms with E-state index in [0.29, 0.717) is 11.4 Å². The lowest BCUT2D eigenvalue weighted by Crippen LogP contribution is -2.01. The summed E-state index contributed by atoms with van der Waals surface area (Å²) >= 11 is 0. The molecule has 0 aliphatic heterocycles. The number of rotatable bonds is 3. The summed E-state index contributed by atoms with van der Waals surface area (Å²) in [5.41, 5.74) is 1.26. The third-order valence-corrected chi connectivity index (χ3v) is 3.08. The van der Waals surface area contributed by atoms with Crippen molar-refractivity contribution in [3.8, 4) is 11.3 Å². The fourth-order valence-electron chi connectivity index (χ4n) is 2.04. The molecule has 0 amide bonds. The molecule has 0 saturated heterocycles. The summed E-state index contributed by atoms with van der Waals surface area (Å²) in [4.78, 5) is 25.2. The summed E-state index contributed by atoms with van der Waals surface area (Å²) in [6.07, 6.45) is 0. The number of carbonyl (C=O) groups is 1. The Hall–Kier alpha value is -2.94. The molecule has 0 aliphatic rings. The van der Waals surface area contributed by atoms with Gasteiger partial charge in [-0.15, -0.1) is 0 Å². The molecule has 20 heavy (non-hydrogen) atoms. The lowest BCUT2D eigenvalue weighted by molar-refractivity contribution is -0.385. The Bertz CT molecular complexity index is 754.